The van der Waals surface area contributed by atoms with Gasteiger partial charge < -0.3 is 23.0 Å². The molecule has 0 saturated heterocycles. The largest absolute Gasteiger partial charge is 0.673 e. The van der Waals surface area contributed by atoms with Crippen molar-refractivity contribution in [2.75, 3.05) is 6.54 Å². The van der Waals surface area contributed by atoms with Crippen LogP contribution in [0.4, 0.5) is 17.3 Å². The molecule has 7 heteroatoms. The molecule has 0 aromatic rings. The van der Waals surface area contributed by atoms with E-state index in [0.29, 0.717) is 6.54 Å². The number of nitrogens with zero attached hydrogens (tertiary/aromatic N) is 1. The van der Waals surface area contributed by atoms with Crippen LogP contribution in [0.3, 0.4) is 0 Å². The van der Waals surface area contributed by atoms with Crippen LogP contribution in [0.5, 0.6) is 0 Å². The third-order valence-corrected chi connectivity index (χ3v) is 0.112. The highest BCUT2D eigenvalue weighted by atomic mass is 19.5. The van der Waals surface area contributed by atoms with E-state index in [9.17, 15) is 17.3 Å². The molecule has 0 saturated carbocycles. The molecule has 0 bridgehead atoms. The van der Waals surface area contributed by atoms with Gasteiger partial charge in [0.25, 0.3) is 0 Å². The summed E-state index contributed by atoms with van der Waals surface area (Å²) in [4.78, 5) is 0. The molecule has 9 heavy (non-hydrogen) atoms. The van der Waals surface area contributed by atoms with Gasteiger partial charge in [0.1, 0.15) is 6.07 Å². The first-order valence-electron chi connectivity index (χ1n) is 1.95. The second kappa shape index (κ2) is 5.37. The van der Waals surface area contributed by atoms with Crippen molar-refractivity contribution in [3.63, 3.8) is 0 Å². The summed E-state index contributed by atoms with van der Waals surface area (Å²) in [5.41, 5.74) is 3.24. The van der Waals surface area contributed by atoms with Crippen LogP contribution < -0.4 is 5.73 Å². The highest BCUT2D eigenvalue weighted by Gasteiger charge is 2.20. The molecule has 0 atom stereocenters. The van der Waals surface area contributed by atoms with Crippen LogP contribution >= 0.6 is 0 Å². The first-order chi connectivity index (χ1) is 3.91. The summed E-state index contributed by atoms with van der Waals surface area (Å²) in [5.74, 6) is 0. The molecule has 0 spiro atoms. The zero-order valence-electron chi connectivity index (χ0n) is 4.45. The van der Waals surface area contributed by atoms with Gasteiger partial charge >= 0.3 is 7.25 Å². The number of quaternary nitrogens is 1. The normalized spacial score (nSPS) is 8.89. The monoisotopic (exact) mass is 144 g/mol. The van der Waals surface area contributed by atoms with Crippen LogP contribution in [0.2, 0.25) is 0 Å². The van der Waals surface area contributed by atoms with E-state index in [2.05, 4.69) is 5.73 Å². The minimum atomic E-state index is -6.00. The molecular formula is C2H5BF4N2. The Kier molecular flexibility index (Phi) is 6.62. The molecule has 54 valence electrons. The van der Waals surface area contributed by atoms with Gasteiger partial charge in [-0.25, -0.2) is 0 Å². The molecule has 0 aliphatic rings. The Bertz CT molecular complexity index is 87.7. The number of halogens is 4. The second-order valence-electron chi connectivity index (χ2n) is 0.903. The van der Waals surface area contributed by atoms with Crippen LogP contribution in [0, 0.1) is 11.3 Å². The lowest BCUT2D eigenvalue weighted by Crippen LogP contribution is -2.49. The molecule has 0 radical (unpaired) electrons. The smallest absolute Gasteiger partial charge is 0.418 e. The lowest BCUT2D eigenvalue weighted by Gasteiger charge is -1.94. The summed E-state index contributed by atoms with van der Waals surface area (Å²) in [6.07, 6.45) is 0. The van der Waals surface area contributed by atoms with Gasteiger partial charge in [0.15, 0.2) is 6.54 Å². The van der Waals surface area contributed by atoms with E-state index in [1.54, 1.807) is 0 Å². The molecule has 0 rings (SSSR count). The Morgan fingerprint density at radius 3 is 1.44 bits per heavy atom. The molecule has 0 aliphatic carbocycles. The Labute approximate surface area is 49.4 Å². The third kappa shape index (κ3) is 3590. The number of rotatable bonds is 0. The van der Waals surface area contributed by atoms with Crippen molar-refractivity contribution >= 4 is 7.25 Å². The lowest BCUT2D eigenvalue weighted by molar-refractivity contribution is -0.350. The SMILES string of the molecule is F[B-](F)(F)F.N#CC[NH3+]. The molecule has 0 fully saturated rings. The van der Waals surface area contributed by atoms with Gasteiger partial charge in [-0.05, 0) is 0 Å². The van der Waals surface area contributed by atoms with E-state index in [1.165, 1.54) is 0 Å². The predicted molar refractivity (Wildman–Crippen MR) is 23.6 cm³/mol. The van der Waals surface area contributed by atoms with Gasteiger partial charge in [-0.1, -0.05) is 0 Å². The summed E-state index contributed by atoms with van der Waals surface area (Å²) in [6, 6.07) is 1.82. The van der Waals surface area contributed by atoms with E-state index < -0.39 is 7.25 Å². The molecule has 0 heterocycles. The maximum atomic E-state index is 9.75. The topological polar surface area (TPSA) is 51.4 Å². The zero-order chi connectivity index (χ0) is 7.91. The van der Waals surface area contributed by atoms with Gasteiger partial charge in [-0.2, -0.15) is 5.26 Å². The highest BCUT2D eigenvalue weighted by Crippen LogP contribution is 2.06. The highest BCUT2D eigenvalue weighted by molar-refractivity contribution is 6.50. The summed E-state index contributed by atoms with van der Waals surface area (Å²) in [7, 11) is -6.00. The van der Waals surface area contributed by atoms with Crippen molar-refractivity contribution in [3.8, 4) is 6.07 Å². The van der Waals surface area contributed by atoms with Crippen molar-refractivity contribution in [2.45, 2.75) is 0 Å². The zero-order valence-corrected chi connectivity index (χ0v) is 4.45. The predicted octanol–water partition coefficient (Wildman–Crippen LogP) is 0.0519. The summed E-state index contributed by atoms with van der Waals surface area (Å²) < 4.78 is 39.0. The van der Waals surface area contributed by atoms with Crippen LogP contribution in [-0.4, -0.2) is 13.8 Å². The van der Waals surface area contributed by atoms with Gasteiger partial charge in [-0.3, -0.25) is 0 Å². The van der Waals surface area contributed by atoms with Crippen molar-refractivity contribution < 1.29 is 23.0 Å². The van der Waals surface area contributed by atoms with Crippen molar-refractivity contribution in [2.24, 2.45) is 0 Å². The Morgan fingerprint density at radius 1 is 1.33 bits per heavy atom. The van der Waals surface area contributed by atoms with E-state index in [4.69, 9.17) is 5.26 Å². The first kappa shape index (κ1) is 11.1. The molecular weight excluding hydrogens is 139 g/mol. The molecule has 0 aromatic carbocycles. The fourth-order valence-corrected chi connectivity index (χ4v) is 0. The summed E-state index contributed by atoms with van der Waals surface area (Å²) in [5, 5.41) is 7.56. The molecule has 0 aliphatic heterocycles. The van der Waals surface area contributed by atoms with E-state index in [0.717, 1.165) is 0 Å². The van der Waals surface area contributed by atoms with E-state index in [1.807, 2.05) is 6.07 Å². The molecule has 3 N–H and O–H groups in total. The van der Waals surface area contributed by atoms with Gasteiger partial charge in [-0.15, -0.1) is 0 Å². The van der Waals surface area contributed by atoms with Gasteiger partial charge in [0.2, 0.25) is 0 Å². The van der Waals surface area contributed by atoms with Gasteiger partial charge in [0, 0.05) is 0 Å². The Morgan fingerprint density at radius 2 is 1.44 bits per heavy atom. The summed E-state index contributed by atoms with van der Waals surface area (Å²) >= 11 is 0. The fourth-order valence-electron chi connectivity index (χ4n) is 0. The van der Waals surface area contributed by atoms with Crippen LogP contribution in [0.1, 0.15) is 0 Å². The van der Waals surface area contributed by atoms with E-state index >= 15 is 0 Å². The van der Waals surface area contributed by atoms with Crippen LogP contribution in [-0.2, 0) is 0 Å². The number of hydrogen-bond acceptors (Lipinski definition) is 1. The minimum absolute atomic E-state index is 0.375. The van der Waals surface area contributed by atoms with Gasteiger partial charge in [0.05, 0.1) is 0 Å². The summed E-state index contributed by atoms with van der Waals surface area (Å²) in [6.45, 7) is 0.375. The third-order valence-electron chi connectivity index (χ3n) is 0.112. The van der Waals surface area contributed by atoms with Crippen molar-refractivity contribution in [3.05, 3.63) is 0 Å². The maximum Gasteiger partial charge on any atom is 0.673 e. The quantitative estimate of drug-likeness (QED) is 0.291. The average Bonchev–Trinajstić information content (AvgIpc) is 1.61. The Balaban J connectivity index is 0. The Hall–Kier alpha value is -0.765. The van der Waals surface area contributed by atoms with Crippen LogP contribution in [0.15, 0.2) is 0 Å². The molecule has 0 amide bonds. The number of nitriles is 1. The van der Waals surface area contributed by atoms with Crippen LogP contribution in [0.25, 0.3) is 0 Å². The number of hydrogen-bond donors (Lipinski definition) is 1. The molecule has 2 nitrogen and oxygen atoms in total. The van der Waals surface area contributed by atoms with Crippen molar-refractivity contribution in [1.82, 2.24) is 0 Å². The minimum Gasteiger partial charge on any atom is -0.418 e. The average molecular weight is 144 g/mol. The molecule has 0 unspecified atom stereocenters. The lowest BCUT2D eigenvalue weighted by atomic mass is 10.3. The standard InChI is InChI=1S/C2H4N2.BF4/c3-1-2-4;2-1(3,4)5/h1,3H2;/q;-1/p+1. The fraction of sp³-hybridized carbons (Fsp3) is 0.500. The first-order valence-corrected chi connectivity index (χ1v) is 1.95. The van der Waals surface area contributed by atoms with Crippen molar-refractivity contribution in [1.29, 1.82) is 5.26 Å². The molecule has 0 aromatic heterocycles. The maximum absolute atomic E-state index is 9.75. The van der Waals surface area contributed by atoms with E-state index in [-0.39, 0.29) is 0 Å². The second-order valence-corrected chi connectivity index (χ2v) is 0.903.